The third-order valence-electron chi connectivity index (χ3n) is 6.16. The first-order valence-electron chi connectivity index (χ1n) is 12.0. The van der Waals surface area contributed by atoms with E-state index < -0.39 is 27.4 Å². The van der Waals surface area contributed by atoms with Gasteiger partial charge in [0, 0.05) is 24.8 Å². The fourth-order valence-corrected chi connectivity index (χ4v) is 5.55. The Hall–Kier alpha value is -3.18. The maximum atomic E-state index is 13.5. The summed E-state index contributed by atoms with van der Waals surface area (Å²) in [6, 6.07) is 9.89. The number of hydrogen-bond donors (Lipinski definition) is 1. The fourth-order valence-electron chi connectivity index (χ4n) is 4.11. The van der Waals surface area contributed by atoms with Crippen LogP contribution in [0.3, 0.4) is 0 Å². The largest absolute Gasteiger partial charge is 0.497 e. The molecule has 0 aliphatic heterocycles. The number of carbonyl (C=O) groups excluding carboxylic acids is 1. The lowest BCUT2D eigenvalue weighted by Gasteiger charge is -2.24. The summed E-state index contributed by atoms with van der Waals surface area (Å²) in [6.07, 6.45) is 6.64. The molecule has 2 aromatic rings. The van der Waals surface area contributed by atoms with Gasteiger partial charge in [-0.2, -0.15) is 0 Å². The van der Waals surface area contributed by atoms with Crippen LogP contribution in [0.25, 0.3) is 0 Å². The Morgan fingerprint density at radius 3 is 2.47 bits per heavy atom. The smallest absolute Gasteiger partial charge is 0.273 e. The number of sulfonamides is 1. The number of methoxy groups -OCH3 is 1. The molecule has 0 radical (unpaired) electrons. The van der Waals surface area contributed by atoms with Gasteiger partial charge in [-0.1, -0.05) is 25.3 Å². The molecule has 0 spiro atoms. The minimum absolute atomic E-state index is 0.231. The van der Waals surface area contributed by atoms with Crippen LogP contribution in [-0.4, -0.2) is 52.2 Å². The Kier molecular flexibility index (Phi) is 9.65. The van der Waals surface area contributed by atoms with Gasteiger partial charge in [0.2, 0.25) is 5.91 Å². The molecule has 0 bridgehead atoms. The van der Waals surface area contributed by atoms with Gasteiger partial charge in [0.25, 0.3) is 15.7 Å². The molecule has 1 saturated carbocycles. The van der Waals surface area contributed by atoms with Gasteiger partial charge in [0.05, 0.1) is 28.7 Å². The van der Waals surface area contributed by atoms with Gasteiger partial charge in [-0.05, 0) is 56.5 Å². The number of nitro groups is 1. The standard InChI is InChI=1S/C25H33N3O7S/c1-19-9-14-23(17-24(19)28(30)31)36(32,33)27(20-10-12-21(34-2)13-11-20)18-25(29)26-15-6-16-35-22-7-4-3-5-8-22/h9-14,17,22H,3-8,15-16,18H2,1-2H3,(H,26,29). The second kappa shape index (κ2) is 12.7. The van der Waals surface area contributed by atoms with Gasteiger partial charge in [0.1, 0.15) is 12.3 Å². The topological polar surface area (TPSA) is 128 Å². The van der Waals surface area contributed by atoms with Gasteiger partial charge in [-0.25, -0.2) is 8.42 Å². The minimum Gasteiger partial charge on any atom is -0.497 e. The van der Waals surface area contributed by atoms with Gasteiger partial charge in [-0.15, -0.1) is 0 Å². The van der Waals surface area contributed by atoms with Crippen LogP contribution < -0.4 is 14.4 Å². The van der Waals surface area contributed by atoms with Crippen molar-refractivity contribution < 1.29 is 27.6 Å². The first-order chi connectivity index (χ1) is 17.2. The molecule has 1 fully saturated rings. The zero-order valence-electron chi connectivity index (χ0n) is 20.6. The van der Waals surface area contributed by atoms with E-state index >= 15 is 0 Å². The molecule has 1 N–H and O–H groups in total. The number of rotatable bonds is 12. The lowest BCUT2D eigenvalue weighted by atomic mass is 9.98. The molecule has 0 heterocycles. The predicted octanol–water partition coefficient (Wildman–Crippen LogP) is 3.96. The second-order valence-corrected chi connectivity index (χ2v) is 10.6. The van der Waals surface area contributed by atoms with Crippen LogP contribution in [0, 0.1) is 17.0 Å². The zero-order chi connectivity index (χ0) is 26.1. The van der Waals surface area contributed by atoms with E-state index in [1.54, 1.807) is 12.1 Å². The van der Waals surface area contributed by atoms with E-state index in [1.165, 1.54) is 57.6 Å². The number of aryl methyl sites for hydroxylation is 1. The highest BCUT2D eigenvalue weighted by atomic mass is 32.2. The summed E-state index contributed by atoms with van der Waals surface area (Å²) < 4.78 is 39.0. The summed E-state index contributed by atoms with van der Waals surface area (Å²) >= 11 is 0. The monoisotopic (exact) mass is 519 g/mol. The maximum Gasteiger partial charge on any atom is 0.273 e. The highest BCUT2D eigenvalue weighted by molar-refractivity contribution is 7.92. The van der Waals surface area contributed by atoms with E-state index in [1.807, 2.05) is 0 Å². The molecule has 0 saturated heterocycles. The van der Waals surface area contributed by atoms with Crippen molar-refractivity contribution in [1.82, 2.24) is 5.32 Å². The quantitative estimate of drug-likeness (QED) is 0.255. The summed E-state index contributed by atoms with van der Waals surface area (Å²) in [5, 5.41) is 14.1. The molecule has 0 atom stereocenters. The second-order valence-electron chi connectivity index (χ2n) is 8.75. The molecule has 11 heteroatoms. The van der Waals surface area contributed by atoms with E-state index in [2.05, 4.69) is 5.32 Å². The summed E-state index contributed by atoms with van der Waals surface area (Å²) in [5.74, 6) is 0.0261. The molecule has 196 valence electrons. The van der Waals surface area contributed by atoms with E-state index in [4.69, 9.17) is 9.47 Å². The van der Waals surface area contributed by atoms with Crippen molar-refractivity contribution >= 4 is 27.3 Å². The number of anilines is 1. The molecular formula is C25H33N3O7S. The molecule has 10 nitrogen and oxygen atoms in total. The Balaban J connectivity index is 1.72. The zero-order valence-corrected chi connectivity index (χ0v) is 21.5. The van der Waals surface area contributed by atoms with Crippen molar-refractivity contribution in [3.63, 3.8) is 0 Å². The third-order valence-corrected chi connectivity index (χ3v) is 7.93. The molecule has 1 amide bonds. The van der Waals surface area contributed by atoms with Crippen LogP contribution >= 0.6 is 0 Å². The van der Waals surface area contributed by atoms with Crippen LogP contribution in [0.4, 0.5) is 11.4 Å². The van der Waals surface area contributed by atoms with Gasteiger partial charge in [-0.3, -0.25) is 19.2 Å². The van der Waals surface area contributed by atoms with Gasteiger partial charge >= 0.3 is 0 Å². The molecule has 2 aromatic carbocycles. The third kappa shape index (κ3) is 7.17. The highest BCUT2D eigenvalue weighted by Crippen LogP contribution is 2.29. The predicted molar refractivity (Wildman–Crippen MR) is 136 cm³/mol. The van der Waals surface area contributed by atoms with Crippen molar-refractivity contribution in [1.29, 1.82) is 0 Å². The summed E-state index contributed by atoms with van der Waals surface area (Å²) in [4.78, 5) is 23.2. The molecule has 1 aliphatic carbocycles. The molecule has 0 aromatic heterocycles. The molecule has 0 unspecified atom stereocenters. The SMILES string of the molecule is COc1ccc(N(CC(=O)NCCCOC2CCCCC2)S(=O)(=O)c2ccc(C)c([N+](=O)[O-])c2)cc1. The van der Waals surface area contributed by atoms with Gasteiger partial charge < -0.3 is 14.8 Å². The van der Waals surface area contributed by atoms with Crippen LogP contribution in [0.1, 0.15) is 44.1 Å². The lowest BCUT2D eigenvalue weighted by Crippen LogP contribution is -2.41. The van der Waals surface area contributed by atoms with Crippen molar-refractivity contribution in [3.05, 3.63) is 58.1 Å². The van der Waals surface area contributed by atoms with E-state index in [9.17, 15) is 23.3 Å². The number of ether oxygens (including phenoxy) is 2. The first kappa shape index (κ1) is 27.4. The highest BCUT2D eigenvalue weighted by Gasteiger charge is 2.29. The average molecular weight is 520 g/mol. The maximum absolute atomic E-state index is 13.5. The van der Waals surface area contributed by atoms with Crippen LogP contribution in [-0.2, 0) is 19.6 Å². The van der Waals surface area contributed by atoms with Crippen LogP contribution in [0.2, 0.25) is 0 Å². The van der Waals surface area contributed by atoms with E-state index in [-0.39, 0.29) is 22.4 Å². The van der Waals surface area contributed by atoms with E-state index in [0.717, 1.165) is 23.2 Å². The number of nitrogens with zero attached hydrogens (tertiary/aromatic N) is 2. The number of hydrogen-bond acceptors (Lipinski definition) is 7. The summed E-state index contributed by atoms with van der Waals surface area (Å²) in [6.45, 7) is 1.91. The fraction of sp³-hybridized carbons (Fsp3) is 0.480. The Morgan fingerprint density at radius 1 is 1.14 bits per heavy atom. The van der Waals surface area contributed by atoms with Crippen LogP contribution in [0.15, 0.2) is 47.4 Å². The Morgan fingerprint density at radius 2 is 1.83 bits per heavy atom. The van der Waals surface area contributed by atoms with Crippen molar-refractivity contribution in [2.75, 3.05) is 31.1 Å². The average Bonchev–Trinajstić information content (AvgIpc) is 2.87. The minimum atomic E-state index is -4.29. The summed E-state index contributed by atoms with van der Waals surface area (Å²) in [5.41, 5.74) is 0.256. The Bertz CT molecular complexity index is 1150. The van der Waals surface area contributed by atoms with Crippen molar-refractivity contribution in [3.8, 4) is 5.75 Å². The van der Waals surface area contributed by atoms with Crippen molar-refractivity contribution in [2.24, 2.45) is 0 Å². The first-order valence-corrected chi connectivity index (χ1v) is 13.5. The molecular weight excluding hydrogens is 486 g/mol. The Labute approximate surface area is 211 Å². The van der Waals surface area contributed by atoms with E-state index in [0.29, 0.717) is 30.9 Å². The lowest BCUT2D eigenvalue weighted by molar-refractivity contribution is -0.385. The van der Waals surface area contributed by atoms with Gasteiger partial charge in [0.15, 0.2) is 0 Å². The number of nitro benzene ring substituents is 1. The summed E-state index contributed by atoms with van der Waals surface area (Å²) in [7, 11) is -2.80. The number of benzene rings is 2. The van der Waals surface area contributed by atoms with Crippen molar-refractivity contribution in [2.45, 2.75) is 56.4 Å². The molecule has 1 aliphatic rings. The van der Waals surface area contributed by atoms with Crippen LogP contribution in [0.5, 0.6) is 5.75 Å². The normalized spacial score (nSPS) is 14.3. The molecule has 36 heavy (non-hydrogen) atoms. The number of nitrogens with one attached hydrogen (secondary N) is 1. The number of carbonyl (C=O) groups is 1. The molecule has 3 rings (SSSR count). The number of amides is 1.